The van der Waals surface area contributed by atoms with Gasteiger partial charge in [-0.1, -0.05) is 61.9 Å². The molecule has 34 heavy (non-hydrogen) atoms. The molecule has 0 radical (unpaired) electrons. The second kappa shape index (κ2) is 9.64. The van der Waals surface area contributed by atoms with Crippen LogP contribution in [0.3, 0.4) is 0 Å². The van der Waals surface area contributed by atoms with Crippen LogP contribution in [0.2, 0.25) is 0 Å². The van der Waals surface area contributed by atoms with Gasteiger partial charge in [0.2, 0.25) is 25.0 Å². The molecule has 0 spiro atoms. The van der Waals surface area contributed by atoms with E-state index in [1.54, 1.807) is 41.0 Å². The molecule has 0 amide bonds. The van der Waals surface area contributed by atoms with E-state index in [1.165, 1.54) is 10.5 Å². The van der Waals surface area contributed by atoms with Gasteiger partial charge in [-0.3, -0.25) is 0 Å². The summed E-state index contributed by atoms with van der Waals surface area (Å²) in [6.07, 6.45) is 3.23. The van der Waals surface area contributed by atoms with Gasteiger partial charge in [0.25, 0.3) is 0 Å². The first-order valence-electron chi connectivity index (χ1n) is 11.5. The summed E-state index contributed by atoms with van der Waals surface area (Å²) in [6.45, 7) is 6.22. The lowest BCUT2D eigenvalue weighted by atomic mass is 10.2. The molecule has 0 atom stereocenters. The number of aromatic nitrogens is 2. The quantitative estimate of drug-likeness (QED) is 0.412. The van der Waals surface area contributed by atoms with Gasteiger partial charge in [0.15, 0.2) is 0 Å². The van der Waals surface area contributed by atoms with E-state index in [4.69, 9.17) is 0 Å². The Hall–Kier alpha value is -2.49. The lowest BCUT2D eigenvalue weighted by Crippen LogP contribution is -2.34. The average molecular weight is 502 g/mol. The van der Waals surface area contributed by atoms with Crippen LogP contribution in [0.1, 0.15) is 49.6 Å². The topological polar surface area (TPSA) is 89.3 Å². The second-order valence-corrected chi connectivity index (χ2v) is 13.2. The highest BCUT2D eigenvalue weighted by atomic mass is 32.2. The molecule has 1 fully saturated rings. The van der Waals surface area contributed by atoms with Crippen molar-refractivity contribution in [3.8, 4) is 0 Å². The fourth-order valence-electron chi connectivity index (χ4n) is 4.00. The minimum absolute atomic E-state index is 0.0195. The van der Waals surface area contributed by atoms with Crippen molar-refractivity contribution in [2.45, 2.75) is 62.0 Å². The highest BCUT2D eigenvalue weighted by molar-refractivity contribution is 7.90. The van der Waals surface area contributed by atoms with Gasteiger partial charge in [0, 0.05) is 12.6 Å². The van der Waals surface area contributed by atoms with Crippen LogP contribution < -0.4 is 0 Å². The molecule has 0 unspecified atom stereocenters. The van der Waals surface area contributed by atoms with Crippen LogP contribution in [-0.4, -0.2) is 37.2 Å². The SMILES string of the molecule is Cc1ccc(S(=O)(=O)N(Cc2cnc(S(=O)(=O)Cc3ccccc3)n2C2CC2)CC(C)C)cc1. The molecule has 0 aliphatic heterocycles. The van der Waals surface area contributed by atoms with E-state index >= 15 is 0 Å². The Balaban J connectivity index is 1.69. The fraction of sp³-hybridized carbons (Fsp3) is 0.400. The molecule has 0 bridgehead atoms. The highest BCUT2D eigenvalue weighted by Gasteiger charge is 2.35. The molecule has 1 saturated carbocycles. The molecule has 3 aromatic rings. The Morgan fingerprint density at radius 2 is 1.65 bits per heavy atom. The van der Waals surface area contributed by atoms with Gasteiger partial charge in [0.05, 0.1) is 29.1 Å². The number of rotatable bonds is 10. The molecule has 4 rings (SSSR count). The molecule has 182 valence electrons. The van der Waals surface area contributed by atoms with E-state index in [-0.39, 0.29) is 34.3 Å². The summed E-state index contributed by atoms with van der Waals surface area (Å²) in [5.41, 5.74) is 2.28. The van der Waals surface area contributed by atoms with Crippen molar-refractivity contribution < 1.29 is 16.8 Å². The third-order valence-electron chi connectivity index (χ3n) is 5.80. The standard InChI is InChI=1S/C25H31N3O4S2/c1-19(2)16-27(34(31,32)24-13-9-20(3)10-14-24)17-23-15-26-25(28(23)22-11-12-22)33(29,30)18-21-7-5-4-6-8-21/h4-10,13-15,19,22H,11-12,16-18H2,1-3H3. The zero-order chi connectivity index (χ0) is 24.5. The lowest BCUT2D eigenvalue weighted by Gasteiger charge is -2.25. The number of imidazole rings is 1. The summed E-state index contributed by atoms with van der Waals surface area (Å²) in [7, 11) is -7.46. The van der Waals surface area contributed by atoms with Gasteiger partial charge < -0.3 is 4.57 Å². The normalized spacial score (nSPS) is 14.7. The summed E-state index contributed by atoms with van der Waals surface area (Å²) >= 11 is 0. The van der Waals surface area contributed by atoms with Crippen LogP contribution in [0.5, 0.6) is 0 Å². The van der Waals surface area contributed by atoms with Gasteiger partial charge in [-0.2, -0.15) is 4.31 Å². The minimum Gasteiger partial charge on any atom is -0.315 e. The Kier molecular flexibility index (Phi) is 6.98. The van der Waals surface area contributed by atoms with Crippen LogP contribution in [0, 0.1) is 12.8 Å². The van der Waals surface area contributed by atoms with Gasteiger partial charge in [-0.25, -0.2) is 21.8 Å². The first-order valence-corrected chi connectivity index (χ1v) is 14.6. The van der Waals surface area contributed by atoms with Gasteiger partial charge in [-0.15, -0.1) is 0 Å². The largest absolute Gasteiger partial charge is 0.315 e. The average Bonchev–Trinajstić information content (AvgIpc) is 3.52. The first kappa shape index (κ1) is 24.6. The number of nitrogens with zero attached hydrogens (tertiary/aromatic N) is 3. The second-order valence-electron chi connectivity index (χ2n) is 9.38. The summed E-state index contributed by atoms with van der Waals surface area (Å²) in [6, 6.07) is 15.8. The summed E-state index contributed by atoms with van der Waals surface area (Å²) in [5, 5.41) is 0.0195. The molecular weight excluding hydrogens is 470 g/mol. The van der Waals surface area contributed by atoms with E-state index in [0.717, 1.165) is 18.4 Å². The summed E-state index contributed by atoms with van der Waals surface area (Å²) in [5.74, 6) is -0.0483. The Bertz CT molecular complexity index is 1340. The smallest absolute Gasteiger partial charge is 0.243 e. The van der Waals surface area contributed by atoms with Crippen molar-refractivity contribution in [2.75, 3.05) is 6.54 Å². The van der Waals surface area contributed by atoms with Crippen molar-refractivity contribution in [3.63, 3.8) is 0 Å². The van der Waals surface area contributed by atoms with Crippen LogP contribution >= 0.6 is 0 Å². The number of hydrogen-bond donors (Lipinski definition) is 0. The first-order chi connectivity index (χ1) is 16.1. The summed E-state index contributed by atoms with van der Waals surface area (Å²) in [4.78, 5) is 4.53. The maximum Gasteiger partial charge on any atom is 0.243 e. The monoisotopic (exact) mass is 501 g/mol. The Morgan fingerprint density at radius 1 is 1.00 bits per heavy atom. The van der Waals surface area contributed by atoms with E-state index < -0.39 is 19.9 Å². The Labute approximate surface area is 202 Å². The Morgan fingerprint density at radius 3 is 2.24 bits per heavy atom. The molecule has 1 heterocycles. The molecule has 1 aliphatic carbocycles. The van der Waals surface area contributed by atoms with Crippen LogP contribution in [-0.2, 0) is 32.2 Å². The molecule has 1 aromatic heterocycles. The number of benzene rings is 2. The number of aryl methyl sites for hydroxylation is 1. The number of sulfone groups is 1. The molecular formula is C25H31N3O4S2. The maximum atomic E-state index is 13.5. The highest BCUT2D eigenvalue weighted by Crippen LogP contribution is 2.39. The van der Waals surface area contributed by atoms with Crippen molar-refractivity contribution in [3.05, 3.63) is 77.6 Å². The molecule has 2 aromatic carbocycles. The predicted molar refractivity (Wildman–Crippen MR) is 131 cm³/mol. The van der Waals surface area contributed by atoms with Gasteiger partial charge in [0.1, 0.15) is 0 Å². The van der Waals surface area contributed by atoms with Crippen LogP contribution in [0.4, 0.5) is 0 Å². The zero-order valence-electron chi connectivity index (χ0n) is 19.8. The minimum atomic E-state index is -3.77. The van der Waals surface area contributed by atoms with E-state index in [1.807, 2.05) is 39.0 Å². The van der Waals surface area contributed by atoms with Gasteiger partial charge >= 0.3 is 0 Å². The fourth-order valence-corrected chi connectivity index (χ4v) is 7.12. The molecule has 9 heteroatoms. The van der Waals surface area contributed by atoms with Gasteiger partial charge in [-0.05, 0) is 43.4 Å². The van der Waals surface area contributed by atoms with Crippen LogP contribution in [0.25, 0.3) is 0 Å². The van der Waals surface area contributed by atoms with E-state index in [2.05, 4.69) is 4.98 Å². The van der Waals surface area contributed by atoms with Crippen molar-refractivity contribution in [1.29, 1.82) is 0 Å². The lowest BCUT2D eigenvalue weighted by molar-refractivity contribution is 0.352. The summed E-state index contributed by atoms with van der Waals surface area (Å²) < 4.78 is 56.7. The van der Waals surface area contributed by atoms with Crippen molar-refractivity contribution in [1.82, 2.24) is 13.9 Å². The maximum absolute atomic E-state index is 13.5. The predicted octanol–water partition coefficient (Wildman–Crippen LogP) is 4.35. The third kappa shape index (κ3) is 5.42. The van der Waals surface area contributed by atoms with Crippen molar-refractivity contribution in [2.24, 2.45) is 5.92 Å². The third-order valence-corrected chi connectivity index (χ3v) is 9.19. The zero-order valence-corrected chi connectivity index (χ0v) is 21.4. The molecule has 0 saturated heterocycles. The molecule has 1 aliphatic rings. The van der Waals surface area contributed by atoms with E-state index in [9.17, 15) is 16.8 Å². The van der Waals surface area contributed by atoms with E-state index in [0.29, 0.717) is 17.8 Å². The molecule has 0 N–H and O–H groups in total. The molecule has 7 nitrogen and oxygen atoms in total. The number of hydrogen-bond acceptors (Lipinski definition) is 5. The number of sulfonamides is 1. The van der Waals surface area contributed by atoms with Crippen molar-refractivity contribution >= 4 is 19.9 Å². The van der Waals surface area contributed by atoms with Crippen LogP contribution in [0.15, 0.2) is 70.8 Å².